The second-order valence-electron chi connectivity index (χ2n) is 5.92. The lowest BCUT2D eigenvalue weighted by atomic mass is 10.4. The molecule has 0 aliphatic carbocycles. The summed E-state index contributed by atoms with van der Waals surface area (Å²) in [6, 6.07) is 20.3. The number of benzene rings is 2. The Hall–Kier alpha value is -1.33. The average molecular weight is 423 g/mol. The third-order valence-corrected chi connectivity index (χ3v) is 9.88. The molecule has 156 valence electrons. The number of rotatable bonds is 10. The van der Waals surface area contributed by atoms with E-state index in [1.165, 1.54) is 0 Å². The molecule has 0 bridgehead atoms. The monoisotopic (exact) mass is 422 g/mol. The first-order chi connectivity index (χ1) is 13.5. The largest absolute Gasteiger partial charge is 0.497 e. The van der Waals surface area contributed by atoms with E-state index in [1.54, 1.807) is 14.2 Å². The second-order valence-corrected chi connectivity index (χ2v) is 11.7. The van der Waals surface area contributed by atoms with Gasteiger partial charge in [0.25, 0.3) is 0 Å². The van der Waals surface area contributed by atoms with Gasteiger partial charge in [-0.25, -0.2) is 0 Å². The molecule has 0 heterocycles. The first-order valence-electron chi connectivity index (χ1n) is 9.65. The highest BCUT2D eigenvalue weighted by Crippen LogP contribution is 2.08. The molecule has 0 N–H and O–H groups in total. The van der Waals surface area contributed by atoms with Gasteiger partial charge in [-0.05, 0) is 31.1 Å². The van der Waals surface area contributed by atoms with Crippen LogP contribution in [0.25, 0.3) is 0 Å². The fourth-order valence-electron chi connectivity index (χ4n) is 2.95. The second kappa shape index (κ2) is 13.0. The third-order valence-electron chi connectivity index (χ3n) is 4.10. The molecule has 2 rings (SSSR count). The van der Waals surface area contributed by atoms with Gasteiger partial charge in [0.2, 0.25) is 0 Å². The normalized spacial score (nSPS) is 11.6. The van der Waals surface area contributed by atoms with Gasteiger partial charge >= 0.3 is 17.4 Å². The summed E-state index contributed by atoms with van der Waals surface area (Å²) >= 11 is 0. The van der Waals surface area contributed by atoms with Crippen LogP contribution >= 0.6 is 0 Å². The molecule has 0 atom stereocenters. The van der Waals surface area contributed by atoms with Gasteiger partial charge in [0.05, 0.1) is 0 Å². The summed E-state index contributed by atoms with van der Waals surface area (Å²) in [6.45, 7) is 9.73. The van der Waals surface area contributed by atoms with E-state index in [-0.39, 0.29) is 0 Å². The topological polar surface area (TPSA) is 46.2 Å². The van der Waals surface area contributed by atoms with Crippen molar-refractivity contribution in [3.8, 4) is 0 Å². The standard InChI is InChI=1S/C14H16O2Si.C7H18O3Si/c1-15-17(16-2,13-9-5-3-6-10-13)14-11-7-4-8-12-14;1-5-8-11(4,9-6-2)10-7-3/h3-12H,1-2H3;5-7H2,1-4H3. The van der Waals surface area contributed by atoms with E-state index >= 15 is 0 Å². The van der Waals surface area contributed by atoms with Crippen LogP contribution in [0.3, 0.4) is 0 Å². The van der Waals surface area contributed by atoms with Crippen molar-refractivity contribution in [3.63, 3.8) is 0 Å². The maximum absolute atomic E-state index is 5.78. The van der Waals surface area contributed by atoms with Crippen LogP contribution in [0.2, 0.25) is 6.55 Å². The minimum Gasteiger partial charge on any atom is -0.391 e. The maximum atomic E-state index is 5.78. The molecule has 0 aliphatic heterocycles. The van der Waals surface area contributed by atoms with E-state index in [2.05, 4.69) is 24.3 Å². The summed E-state index contributed by atoms with van der Waals surface area (Å²) in [7, 11) is -1.31. The van der Waals surface area contributed by atoms with E-state index in [4.69, 9.17) is 22.1 Å². The molecule has 5 nitrogen and oxygen atoms in total. The summed E-state index contributed by atoms with van der Waals surface area (Å²) in [5.74, 6) is 0. The summed E-state index contributed by atoms with van der Waals surface area (Å²) in [6.07, 6.45) is 0. The molecule has 0 amide bonds. The Morgan fingerprint density at radius 3 is 1.18 bits per heavy atom. The van der Waals surface area contributed by atoms with Crippen molar-refractivity contribution in [1.82, 2.24) is 0 Å². The molecule has 0 unspecified atom stereocenters. The molecule has 0 aliphatic rings. The predicted octanol–water partition coefficient (Wildman–Crippen LogP) is 3.20. The first-order valence-corrected chi connectivity index (χ1v) is 13.7. The third kappa shape index (κ3) is 6.93. The molecule has 0 fully saturated rings. The summed E-state index contributed by atoms with van der Waals surface area (Å²) in [4.78, 5) is 0. The molecular formula is C21H34O5Si2. The van der Waals surface area contributed by atoms with Crippen molar-refractivity contribution < 1.29 is 22.1 Å². The van der Waals surface area contributed by atoms with Gasteiger partial charge in [0.1, 0.15) is 0 Å². The van der Waals surface area contributed by atoms with Crippen molar-refractivity contribution in [2.24, 2.45) is 0 Å². The highest BCUT2D eigenvalue weighted by Gasteiger charge is 2.40. The van der Waals surface area contributed by atoms with Crippen molar-refractivity contribution in [1.29, 1.82) is 0 Å². The highest BCUT2D eigenvalue weighted by atomic mass is 28.4. The molecule has 0 spiro atoms. The van der Waals surface area contributed by atoms with E-state index in [0.29, 0.717) is 19.8 Å². The summed E-state index contributed by atoms with van der Waals surface area (Å²) in [5, 5.41) is 2.24. The zero-order valence-electron chi connectivity index (χ0n) is 17.9. The van der Waals surface area contributed by atoms with Gasteiger partial charge in [-0.15, -0.1) is 0 Å². The van der Waals surface area contributed by atoms with Crippen LogP contribution in [-0.2, 0) is 22.1 Å². The Bertz CT molecular complexity index is 577. The zero-order chi connectivity index (χ0) is 20.9. The molecule has 0 saturated carbocycles. The van der Waals surface area contributed by atoms with E-state index in [0.717, 1.165) is 10.4 Å². The lowest BCUT2D eigenvalue weighted by Gasteiger charge is -2.27. The molecule has 0 saturated heterocycles. The van der Waals surface area contributed by atoms with Crippen molar-refractivity contribution >= 4 is 27.7 Å². The Morgan fingerprint density at radius 1 is 0.607 bits per heavy atom. The molecule has 0 radical (unpaired) electrons. The first kappa shape index (κ1) is 24.7. The van der Waals surface area contributed by atoms with Crippen LogP contribution in [0.4, 0.5) is 0 Å². The van der Waals surface area contributed by atoms with Crippen LogP contribution in [0.1, 0.15) is 20.8 Å². The van der Waals surface area contributed by atoms with Gasteiger partial charge in [-0.2, -0.15) is 0 Å². The van der Waals surface area contributed by atoms with E-state index in [1.807, 2.05) is 63.7 Å². The molecule has 0 aromatic heterocycles. The number of hydrogen-bond acceptors (Lipinski definition) is 5. The maximum Gasteiger partial charge on any atom is 0.497 e. The van der Waals surface area contributed by atoms with Crippen molar-refractivity contribution in [2.45, 2.75) is 27.3 Å². The van der Waals surface area contributed by atoms with E-state index < -0.39 is 17.4 Å². The van der Waals surface area contributed by atoms with Gasteiger partial charge in [0.15, 0.2) is 0 Å². The molecule has 2 aromatic carbocycles. The smallest absolute Gasteiger partial charge is 0.391 e. The predicted molar refractivity (Wildman–Crippen MR) is 118 cm³/mol. The summed E-state index contributed by atoms with van der Waals surface area (Å²) in [5.41, 5.74) is 0. The molecular weight excluding hydrogens is 388 g/mol. The molecule has 7 heteroatoms. The Labute approximate surface area is 172 Å². The molecule has 28 heavy (non-hydrogen) atoms. The average Bonchev–Trinajstić information content (AvgIpc) is 2.72. The minimum absolute atomic E-state index is 0.655. The van der Waals surface area contributed by atoms with Crippen molar-refractivity contribution in [3.05, 3.63) is 60.7 Å². The summed E-state index contributed by atoms with van der Waals surface area (Å²) < 4.78 is 27.8. The fourth-order valence-corrected chi connectivity index (χ4v) is 7.48. The van der Waals surface area contributed by atoms with Crippen LogP contribution < -0.4 is 10.4 Å². The van der Waals surface area contributed by atoms with Gasteiger partial charge in [-0.3, -0.25) is 0 Å². The Balaban J connectivity index is 0.000000311. The van der Waals surface area contributed by atoms with Crippen LogP contribution in [0.5, 0.6) is 0 Å². The lowest BCUT2D eigenvalue weighted by molar-refractivity contribution is 0.0783. The fraction of sp³-hybridized carbons (Fsp3) is 0.429. The van der Waals surface area contributed by atoms with Gasteiger partial charge < -0.3 is 22.1 Å². The zero-order valence-corrected chi connectivity index (χ0v) is 19.9. The Kier molecular flexibility index (Phi) is 11.5. The van der Waals surface area contributed by atoms with Crippen LogP contribution in [0, 0.1) is 0 Å². The number of hydrogen-bond donors (Lipinski definition) is 0. The van der Waals surface area contributed by atoms with Crippen molar-refractivity contribution in [2.75, 3.05) is 34.0 Å². The SMILES string of the molecule is CCO[Si](C)(OCC)OCC.CO[Si](OC)(c1ccccc1)c1ccccc1. The quantitative estimate of drug-likeness (QED) is 0.550. The Morgan fingerprint density at radius 2 is 0.929 bits per heavy atom. The van der Waals surface area contributed by atoms with Crippen LogP contribution in [-0.4, -0.2) is 51.4 Å². The van der Waals surface area contributed by atoms with Crippen LogP contribution in [0.15, 0.2) is 60.7 Å². The van der Waals surface area contributed by atoms with Gasteiger partial charge in [0, 0.05) is 40.6 Å². The highest BCUT2D eigenvalue weighted by molar-refractivity contribution is 6.92. The molecule has 2 aromatic rings. The van der Waals surface area contributed by atoms with E-state index in [9.17, 15) is 0 Å². The lowest BCUT2D eigenvalue weighted by Crippen LogP contribution is -2.62. The van der Waals surface area contributed by atoms with Gasteiger partial charge in [-0.1, -0.05) is 60.7 Å². The minimum atomic E-state index is -2.50.